The van der Waals surface area contributed by atoms with E-state index in [4.69, 9.17) is 4.98 Å². The van der Waals surface area contributed by atoms with Crippen molar-refractivity contribution in [1.82, 2.24) is 14.5 Å². The molecule has 3 rings (SSSR count). The molecule has 0 saturated carbocycles. The summed E-state index contributed by atoms with van der Waals surface area (Å²) in [6, 6.07) is 7.77. The van der Waals surface area contributed by atoms with Gasteiger partial charge in [-0.25, -0.2) is 4.98 Å². The van der Waals surface area contributed by atoms with Crippen LogP contribution in [-0.4, -0.2) is 38.7 Å². The highest BCUT2D eigenvalue weighted by molar-refractivity contribution is 7.99. The van der Waals surface area contributed by atoms with Crippen molar-refractivity contribution >= 4 is 28.6 Å². The van der Waals surface area contributed by atoms with Gasteiger partial charge in [0.15, 0.2) is 5.16 Å². The number of aromatic nitrogens is 2. The number of likely N-dealkylation sites (tertiary alicyclic amines) is 1. The van der Waals surface area contributed by atoms with E-state index in [1.165, 1.54) is 18.2 Å². The summed E-state index contributed by atoms with van der Waals surface area (Å²) in [5, 5.41) is 1.27. The van der Waals surface area contributed by atoms with Gasteiger partial charge in [-0.3, -0.25) is 14.2 Å². The number of fused-ring (bicyclic) bond motifs is 1. The van der Waals surface area contributed by atoms with Gasteiger partial charge in [0, 0.05) is 18.6 Å². The lowest BCUT2D eigenvalue weighted by Crippen LogP contribution is -2.43. The van der Waals surface area contributed by atoms with Gasteiger partial charge in [0.25, 0.3) is 5.56 Å². The summed E-state index contributed by atoms with van der Waals surface area (Å²) in [5.41, 5.74) is 0.671. The first-order valence-electron chi connectivity index (χ1n) is 9.46. The number of rotatable bonds is 5. The molecule has 1 saturated heterocycles. The molecule has 1 aromatic heterocycles. The molecule has 0 aliphatic carbocycles. The molecule has 0 bridgehead atoms. The van der Waals surface area contributed by atoms with Gasteiger partial charge in [0.05, 0.1) is 16.7 Å². The van der Waals surface area contributed by atoms with Gasteiger partial charge >= 0.3 is 0 Å². The number of piperidine rings is 1. The van der Waals surface area contributed by atoms with Crippen molar-refractivity contribution in [3.05, 3.63) is 34.6 Å². The van der Waals surface area contributed by atoms with Gasteiger partial charge < -0.3 is 4.90 Å². The Morgan fingerprint density at radius 3 is 2.85 bits per heavy atom. The van der Waals surface area contributed by atoms with E-state index in [9.17, 15) is 9.59 Å². The minimum absolute atomic E-state index is 0.0220. The molecule has 2 aromatic rings. The Bertz CT molecular complexity index is 849. The summed E-state index contributed by atoms with van der Waals surface area (Å²) in [4.78, 5) is 32.3. The van der Waals surface area contributed by atoms with Crippen molar-refractivity contribution in [2.75, 3.05) is 12.3 Å². The lowest BCUT2D eigenvalue weighted by Gasteiger charge is -2.33. The van der Waals surface area contributed by atoms with Crippen molar-refractivity contribution in [1.29, 1.82) is 0 Å². The summed E-state index contributed by atoms with van der Waals surface area (Å²) >= 11 is 1.38. The lowest BCUT2D eigenvalue weighted by molar-refractivity contribution is -0.131. The van der Waals surface area contributed by atoms with Crippen molar-refractivity contribution in [2.24, 2.45) is 0 Å². The summed E-state index contributed by atoms with van der Waals surface area (Å²) < 4.78 is 1.75. The number of carbonyl (C=O) groups excluding carboxylic acids is 1. The Kier molecular flexibility index (Phi) is 6.01. The van der Waals surface area contributed by atoms with Gasteiger partial charge in [-0.1, -0.05) is 30.8 Å². The topological polar surface area (TPSA) is 55.2 Å². The molecule has 2 heterocycles. The monoisotopic (exact) mass is 373 g/mol. The standard InChI is InChI=1S/C20H27N3O2S/c1-4-14(2)23-19(25)16-10-5-6-11-17(16)21-20(23)26-13-18(24)22-12-8-7-9-15(22)3/h5-6,10-11,14-15H,4,7-9,12-13H2,1-3H3/t14-,15-/m0/s1. The molecule has 140 valence electrons. The molecule has 0 spiro atoms. The van der Waals surface area contributed by atoms with Gasteiger partial charge in [-0.15, -0.1) is 0 Å². The molecule has 0 unspecified atom stereocenters. The maximum Gasteiger partial charge on any atom is 0.262 e. The van der Waals surface area contributed by atoms with Crippen molar-refractivity contribution in [3.8, 4) is 0 Å². The molecule has 0 N–H and O–H groups in total. The third-order valence-corrected chi connectivity index (χ3v) is 6.19. The predicted octanol–water partition coefficient (Wildman–Crippen LogP) is 3.86. The number of para-hydroxylation sites is 1. The molecule has 0 radical (unpaired) electrons. The summed E-state index contributed by atoms with van der Waals surface area (Å²) in [5.74, 6) is 0.464. The van der Waals surface area contributed by atoms with Gasteiger partial charge in [0.2, 0.25) is 5.91 Å². The lowest BCUT2D eigenvalue weighted by atomic mass is 10.0. The molecule has 6 heteroatoms. The van der Waals surface area contributed by atoms with E-state index in [1.807, 2.05) is 36.1 Å². The van der Waals surface area contributed by atoms with Crippen LogP contribution in [0.1, 0.15) is 52.5 Å². The summed E-state index contributed by atoms with van der Waals surface area (Å²) in [6.45, 7) is 7.03. The first-order valence-corrected chi connectivity index (χ1v) is 10.4. The molecule has 1 aliphatic heterocycles. The largest absolute Gasteiger partial charge is 0.339 e. The number of hydrogen-bond acceptors (Lipinski definition) is 4. The SMILES string of the molecule is CC[C@H](C)n1c(SCC(=O)N2CCCC[C@@H]2C)nc2ccccc2c1=O. The average molecular weight is 374 g/mol. The fourth-order valence-corrected chi connectivity index (χ4v) is 4.46. The van der Waals surface area contributed by atoms with Crippen LogP contribution in [0.2, 0.25) is 0 Å². The number of hydrogen-bond donors (Lipinski definition) is 0. The fourth-order valence-electron chi connectivity index (χ4n) is 3.48. The van der Waals surface area contributed by atoms with Crippen LogP contribution in [0.15, 0.2) is 34.2 Å². The second-order valence-electron chi connectivity index (χ2n) is 7.06. The van der Waals surface area contributed by atoms with Gasteiger partial charge in [0.1, 0.15) is 0 Å². The molecule has 26 heavy (non-hydrogen) atoms. The first kappa shape index (κ1) is 19.0. The zero-order chi connectivity index (χ0) is 18.7. The molecule has 1 aliphatic rings. The number of amides is 1. The molecular formula is C20H27N3O2S. The molecule has 1 aromatic carbocycles. The highest BCUT2D eigenvalue weighted by Gasteiger charge is 2.24. The Morgan fingerprint density at radius 1 is 1.35 bits per heavy atom. The summed E-state index contributed by atoms with van der Waals surface area (Å²) in [6.07, 6.45) is 4.18. The highest BCUT2D eigenvalue weighted by atomic mass is 32.2. The van der Waals surface area contributed by atoms with Crippen LogP contribution in [-0.2, 0) is 4.79 Å². The van der Waals surface area contributed by atoms with E-state index in [-0.39, 0.29) is 17.5 Å². The van der Waals surface area contributed by atoms with E-state index < -0.39 is 0 Å². The van der Waals surface area contributed by atoms with Crippen molar-refractivity contribution < 1.29 is 4.79 Å². The Labute approximate surface area is 158 Å². The normalized spacial score (nSPS) is 18.9. The van der Waals surface area contributed by atoms with E-state index in [0.717, 1.165) is 25.8 Å². The Hall–Kier alpha value is -1.82. The van der Waals surface area contributed by atoms with Gasteiger partial charge in [-0.2, -0.15) is 0 Å². The van der Waals surface area contributed by atoms with Crippen LogP contribution in [0.25, 0.3) is 10.9 Å². The van der Waals surface area contributed by atoms with Crippen LogP contribution in [0.4, 0.5) is 0 Å². The van der Waals surface area contributed by atoms with E-state index >= 15 is 0 Å². The third-order valence-electron chi connectivity index (χ3n) is 5.26. The average Bonchev–Trinajstić information content (AvgIpc) is 2.66. The molecule has 2 atom stereocenters. The second kappa shape index (κ2) is 8.25. The number of carbonyl (C=O) groups is 1. The van der Waals surface area contributed by atoms with Crippen LogP contribution in [0.5, 0.6) is 0 Å². The smallest absolute Gasteiger partial charge is 0.262 e. The molecule has 1 fully saturated rings. The number of benzene rings is 1. The molecular weight excluding hydrogens is 346 g/mol. The minimum atomic E-state index is -0.0220. The Morgan fingerprint density at radius 2 is 2.12 bits per heavy atom. The van der Waals surface area contributed by atoms with E-state index in [0.29, 0.717) is 27.9 Å². The van der Waals surface area contributed by atoms with Crippen molar-refractivity contribution in [2.45, 2.75) is 63.7 Å². The maximum atomic E-state index is 13.0. The number of thioether (sulfide) groups is 1. The van der Waals surface area contributed by atoms with Crippen molar-refractivity contribution in [3.63, 3.8) is 0 Å². The fraction of sp³-hybridized carbons (Fsp3) is 0.550. The maximum absolute atomic E-state index is 13.0. The second-order valence-corrected chi connectivity index (χ2v) is 8.01. The van der Waals surface area contributed by atoms with E-state index in [1.54, 1.807) is 4.57 Å². The zero-order valence-electron chi connectivity index (χ0n) is 15.8. The van der Waals surface area contributed by atoms with Gasteiger partial charge in [-0.05, 0) is 51.7 Å². The highest BCUT2D eigenvalue weighted by Crippen LogP contribution is 2.24. The summed E-state index contributed by atoms with van der Waals surface area (Å²) in [7, 11) is 0. The quantitative estimate of drug-likeness (QED) is 0.590. The molecule has 5 nitrogen and oxygen atoms in total. The first-order chi connectivity index (χ1) is 12.5. The number of nitrogens with zero attached hydrogens (tertiary/aromatic N) is 3. The minimum Gasteiger partial charge on any atom is -0.339 e. The van der Waals surface area contributed by atoms with E-state index in [2.05, 4.69) is 13.8 Å². The van der Waals surface area contributed by atoms with Crippen LogP contribution >= 0.6 is 11.8 Å². The Balaban J connectivity index is 1.88. The predicted molar refractivity (Wildman–Crippen MR) is 107 cm³/mol. The third kappa shape index (κ3) is 3.80. The van der Waals surface area contributed by atoms with Crippen LogP contribution in [0.3, 0.4) is 0 Å². The zero-order valence-corrected chi connectivity index (χ0v) is 16.6. The van der Waals surface area contributed by atoms with Crippen LogP contribution < -0.4 is 5.56 Å². The molecule has 1 amide bonds. The van der Waals surface area contributed by atoms with Crippen LogP contribution in [0, 0.1) is 0 Å².